The second-order valence-electron chi connectivity index (χ2n) is 6.15. The smallest absolute Gasteiger partial charge is 0.234 e. The van der Waals surface area contributed by atoms with Crippen molar-refractivity contribution in [2.24, 2.45) is 0 Å². The molecule has 3 rings (SSSR count). The number of hydrogen-bond donors (Lipinski definition) is 1. The fraction of sp³-hybridized carbons (Fsp3) is 0.588. The highest BCUT2D eigenvalue weighted by Gasteiger charge is 2.21. The van der Waals surface area contributed by atoms with Gasteiger partial charge in [0.05, 0.1) is 23.4 Å². The molecule has 1 aromatic rings. The Morgan fingerprint density at radius 3 is 2.74 bits per heavy atom. The van der Waals surface area contributed by atoms with Gasteiger partial charge in [0.25, 0.3) is 0 Å². The first-order chi connectivity index (χ1) is 11.2. The maximum atomic E-state index is 12.0. The number of nitrogens with one attached hydrogen (secondary N) is 1. The minimum Gasteiger partial charge on any atom is -0.376 e. The molecule has 1 amide bonds. The SMILES string of the molecule is O=C(CN1CCN(c2ccccc2Cl)CC1)NCC1CCCO1. The van der Waals surface area contributed by atoms with E-state index in [0.29, 0.717) is 13.1 Å². The molecule has 2 aliphatic rings. The molecule has 2 saturated heterocycles. The van der Waals surface area contributed by atoms with Crippen molar-refractivity contribution in [1.82, 2.24) is 10.2 Å². The summed E-state index contributed by atoms with van der Waals surface area (Å²) in [5.74, 6) is 0.0895. The number of carbonyl (C=O) groups is 1. The molecular weight excluding hydrogens is 314 g/mol. The number of ether oxygens (including phenoxy) is 1. The molecule has 2 aliphatic heterocycles. The van der Waals surface area contributed by atoms with Crippen LogP contribution in [0.2, 0.25) is 5.02 Å². The first-order valence-corrected chi connectivity index (χ1v) is 8.70. The van der Waals surface area contributed by atoms with Gasteiger partial charge in [0, 0.05) is 39.3 Å². The lowest BCUT2D eigenvalue weighted by atomic mass is 10.2. The first-order valence-electron chi connectivity index (χ1n) is 8.32. The predicted molar refractivity (Wildman–Crippen MR) is 92.1 cm³/mol. The van der Waals surface area contributed by atoms with E-state index in [1.807, 2.05) is 24.3 Å². The molecule has 0 aromatic heterocycles. The van der Waals surface area contributed by atoms with Gasteiger partial charge in [-0.3, -0.25) is 9.69 Å². The number of piperazine rings is 1. The normalized spacial score (nSPS) is 22.3. The Labute approximate surface area is 142 Å². The highest BCUT2D eigenvalue weighted by Crippen LogP contribution is 2.25. The largest absolute Gasteiger partial charge is 0.376 e. The molecular formula is C17H24ClN3O2. The number of hydrogen-bond acceptors (Lipinski definition) is 4. The third-order valence-electron chi connectivity index (χ3n) is 4.48. The van der Waals surface area contributed by atoms with Crippen molar-refractivity contribution < 1.29 is 9.53 Å². The molecule has 0 bridgehead atoms. The van der Waals surface area contributed by atoms with Crippen LogP contribution in [0, 0.1) is 0 Å². The predicted octanol–water partition coefficient (Wildman–Crippen LogP) is 1.76. The van der Waals surface area contributed by atoms with Gasteiger partial charge in [0.2, 0.25) is 5.91 Å². The third-order valence-corrected chi connectivity index (χ3v) is 4.80. The lowest BCUT2D eigenvalue weighted by Gasteiger charge is -2.36. The van der Waals surface area contributed by atoms with Crippen LogP contribution in [0.1, 0.15) is 12.8 Å². The topological polar surface area (TPSA) is 44.8 Å². The second kappa shape index (κ2) is 7.99. The lowest BCUT2D eigenvalue weighted by Crippen LogP contribution is -2.50. The van der Waals surface area contributed by atoms with Gasteiger partial charge in [-0.25, -0.2) is 0 Å². The van der Waals surface area contributed by atoms with Crippen LogP contribution < -0.4 is 10.2 Å². The van der Waals surface area contributed by atoms with Gasteiger partial charge in [-0.05, 0) is 25.0 Å². The van der Waals surface area contributed by atoms with E-state index < -0.39 is 0 Å². The second-order valence-corrected chi connectivity index (χ2v) is 6.56. The summed E-state index contributed by atoms with van der Waals surface area (Å²) in [6.07, 6.45) is 2.36. The Balaban J connectivity index is 1.40. The van der Waals surface area contributed by atoms with Crippen LogP contribution in [-0.2, 0) is 9.53 Å². The minimum absolute atomic E-state index is 0.0895. The van der Waals surface area contributed by atoms with Crippen LogP contribution in [0.5, 0.6) is 0 Å². The first kappa shape index (κ1) is 16.6. The van der Waals surface area contributed by atoms with Crippen molar-refractivity contribution in [2.75, 3.05) is 50.8 Å². The standard InChI is InChI=1S/C17H24ClN3O2/c18-15-5-1-2-6-16(15)21-9-7-20(8-10-21)13-17(22)19-12-14-4-3-11-23-14/h1-2,5-6,14H,3-4,7-13H2,(H,19,22). The van der Waals surface area contributed by atoms with Gasteiger partial charge in [0.1, 0.15) is 0 Å². The number of carbonyl (C=O) groups excluding carboxylic acids is 1. The maximum Gasteiger partial charge on any atom is 0.234 e. The summed E-state index contributed by atoms with van der Waals surface area (Å²) >= 11 is 6.25. The van der Waals surface area contributed by atoms with E-state index in [4.69, 9.17) is 16.3 Å². The van der Waals surface area contributed by atoms with E-state index in [9.17, 15) is 4.79 Å². The molecule has 1 aromatic carbocycles. The number of benzene rings is 1. The summed E-state index contributed by atoms with van der Waals surface area (Å²) in [6.45, 7) is 5.45. The van der Waals surface area contributed by atoms with Crippen LogP contribution in [0.15, 0.2) is 24.3 Å². The van der Waals surface area contributed by atoms with Crippen molar-refractivity contribution in [1.29, 1.82) is 0 Å². The molecule has 0 radical (unpaired) electrons. The molecule has 126 valence electrons. The summed E-state index contributed by atoms with van der Waals surface area (Å²) in [5.41, 5.74) is 1.08. The van der Waals surface area contributed by atoms with Crippen molar-refractivity contribution in [3.8, 4) is 0 Å². The maximum absolute atomic E-state index is 12.0. The molecule has 1 atom stereocenters. The van der Waals surface area contributed by atoms with E-state index in [0.717, 1.165) is 56.3 Å². The van der Waals surface area contributed by atoms with E-state index in [1.54, 1.807) is 0 Å². The summed E-state index contributed by atoms with van der Waals surface area (Å²) in [6, 6.07) is 7.92. The quantitative estimate of drug-likeness (QED) is 0.889. The zero-order chi connectivity index (χ0) is 16.1. The Morgan fingerprint density at radius 1 is 1.26 bits per heavy atom. The van der Waals surface area contributed by atoms with Gasteiger partial charge in [-0.2, -0.15) is 0 Å². The minimum atomic E-state index is 0.0895. The molecule has 23 heavy (non-hydrogen) atoms. The molecule has 1 unspecified atom stereocenters. The van der Waals surface area contributed by atoms with Gasteiger partial charge >= 0.3 is 0 Å². The highest BCUT2D eigenvalue weighted by atomic mass is 35.5. The fourth-order valence-electron chi connectivity index (χ4n) is 3.15. The molecule has 6 heteroatoms. The summed E-state index contributed by atoms with van der Waals surface area (Å²) < 4.78 is 5.52. The van der Waals surface area contributed by atoms with Crippen LogP contribution in [-0.4, -0.2) is 62.8 Å². The Bertz CT molecular complexity index is 526. The van der Waals surface area contributed by atoms with E-state index in [-0.39, 0.29) is 12.0 Å². The fourth-order valence-corrected chi connectivity index (χ4v) is 3.40. The van der Waals surface area contributed by atoms with Crippen LogP contribution in [0.3, 0.4) is 0 Å². The zero-order valence-corrected chi connectivity index (χ0v) is 14.1. The van der Waals surface area contributed by atoms with E-state index in [2.05, 4.69) is 15.1 Å². The van der Waals surface area contributed by atoms with Crippen molar-refractivity contribution in [3.63, 3.8) is 0 Å². The van der Waals surface area contributed by atoms with Crippen LogP contribution in [0.4, 0.5) is 5.69 Å². The number of halogens is 1. The van der Waals surface area contributed by atoms with Crippen molar-refractivity contribution in [3.05, 3.63) is 29.3 Å². The average Bonchev–Trinajstić information content (AvgIpc) is 3.08. The molecule has 2 heterocycles. The van der Waals surface area contributed by atoms with Gasteiger partial charge in [-0.15, -0.1) is 0 Å². The number of para-hydroxylation sites is 1. The summed E-state index contributed by atoms with van der Waals surface area (Å²) in [4.78, 5) is 16.5. The zero-order valence-electron chi connectivity index (χ0n) is 13.3. The average molecular weight is 338 g/mol. The Kier molecular flexibility index (Phi) is 5.75. The number of rotatable bonds is 5. The van der Waals surface area contributed by atoms with E-state index >= 15 is 0 Å². The molecule has 0 aliphatic carbocycles. The molecule has 1 N–H and O–H groups in total. The van der Waals surface area contributed by atoms with Crippen molar-refractivity contribution in [2.45, 2.75) is 18.9 Å². The Hall–Kier alpha value is -1.30. The highest BCUT2D eigenvalue weighted by molar-refractivity contribution is 6.33. The van der Waals surface area contributed by atoms with Crippen LogP contribution >= 0.6 is 11.6 Å². The number of nitrogens with zero attached hydrogens (tertiary/aromatic N) is 2. The lowest BCUT2D eigenvalue weighted by molar-refractivity contribution is -0.122. The summed E-state index contributed by atoms with van der Waals surface area (Å²) in [7, 11) is 0. The number of amides is 1. The van der Waals surface area contributed by atoms with Gasteiger partial charge < -0.3 is 15.0 Å². The van der Waals surface area contributed by atoms with Gasteiger partial charge in [-0.1, -0.05) is 23.7 Å². The van der Waals surface area contributed by atoms with Crippen molar-refractivity contribution >= 4 is 23.2 Å². The van der Waals surface area contributed by atoms with Crippen LogP contribution in [0.25, 0.3) is 0 Å². The molecule has 0 spiro atoms. The Morgan fingerprint density at radius 2 is 2.04 bits per heavy atom. The van der Waals surface area contributed by atoms with E-state index in [1.165, 1.54) is 0 Å². The molecule has 0 saturated carbocycles. The third kappa shape index (κ3) is 4.59. The van der Waals surface area contributed by atoms with Gasteiger partial charge in [0.15, 0.2) is 0 Å². The molecule has 2 fully saturated rings. The molecule has 5 nitrogen and oxygen atoms in total. The number of anilines is 1. The summed E-state index contributed by atoms with van der Waals surface area (Å²) in [5, 5.41) is 3.77. The monoisotopic (exact) mass is 337 g/mol.